The van der Waals surface area contributed by atoms with Crippen molar-refractivity contribution in [3.05, 3.63) is 34.6 Å². The summed E-state index contributed by atoms with van der Waals surface area (Å²) in [5, 5.41) is 14.7. The van der Waals surface area contributed by atoms with Gasteiger partial charge in [-0.1, -0.05) is 13.8 Å². The Labute approximate surface area is 122 Å². The number of aromatic nitrogens is 3. The molecule has 7 heteroatoms. The Morgan fingerprint density at radius 1 is 1.52 bits per heavy atom. The number of nitrogens with zero attached hydrogens (tertiary/aromatic N) is 2. The van der Waals surface area contributed by atoms with Crippen molar-refractivity contribution >= 4 is 5.97 Å². The van der Waals surface area contributed by atoms with Gasteiger partial charge in [0.1, 0.15) is 5.49 Å². The largest absolute Gasteiger partial charge is 0.464 e. The van der Waals surface area contributed by atoms with Crippen LogP contribution in [0.1, 0.15) is 41.4 Å². The number of methoxy groups -OCH3 is 1. The van der Waals surface area contributed by atoms with Gasteiger partial charge in [0.25, 0.3) is 0 Å². The molecular formula is C14H19N5O2. The molecule has 2 rings (SSSR count). The number of ether oxygens (including phenoxy) is 1. The number of hydrogen-bond acceptors (Lipinski definition) is 5. The van der Waals surface area contributed by atoms with Gasteiger partial charge in [-0.2, -0.15) is 5.10 Å². The quantitative estimate of drug-likeness (QED) is 0.584. The minimum Gasteiger partial charge on any atom is -0.464 e. The summed E-state index contributed by atoms with van der Waals surface area (Å²) < 4.78 is 6.01. The van der Waals surface area contributed by atoms with Crippen molar-refractivity contribution in [1.82, 2.24) is 14.9 Å². The molecule has 0 atom stereocenters. The van der Waals surface area contributed by atoms with Crippen molar-refractivity contribution in [2.24, 2.45) is 0 Å². The Hall–Kier alpha value is -2.57. The summed E-state index contributed by atoms with van der Waals surface area (Å²) in [5.74, 6) is 5.38. The van der Waals surface area contributed by atoms with Gasteiger partial charge in [0.05, 0.1) is 12.8 Å². The zero-order valence-corrected chi connectivity index (χ0v) is 12.5. The molecule has 21 heavy (non-hydrogen) atoms. The van der Waals surface area contributed by atoms with E-state index in [0.29, 0.717) is 5.69 Å². The number of hydrogen-bond donors (Lipinski definition) is 3. The van der Waals surface area contributed by atoms with E-state index in [1.165, 1.54) is 11.8 Å². The van der Waals surface area contributed by atoms with Crippen LogP contribution in [0.4, 0.5) is 0 Å². The van der Waals surface area contributed by atoms with Gasteiger partial charge in [0.15, 0.2) is 5.69 Å². The third-order valence-corrected chi connectivity index (χ3v) is 3.33. The van der Waals surface area contributed by atoms with Gasteiger partial charge >= 0.3 is 5.97 Å². The molecule has 0 unspecified atom stereocenters. The minimum absolute atomic E-state index is 0.0788. The smallest absolute Gasteiger partial charge is 0.358 e. The average Bonchev–Trinajstić information content (AvgIpc) is 2.88. The highest BCUT2D eigenvalue weighted by molar-refractivity contribution is 5.91. The molecule has 0 bridgehead atoms. The minimum atomic E-state index is -0.476. The topological polar surface area (TPSA) is 110 Å². The summed E-state index contributed by atoms with van der Waals surface area (Å²) in [6.45, 7) is 5.76. The summed E-state index contributed by atoms with van der Waals surface area (Å²) in [7, 11) is 1.33. The number of carbonyl (C=O) groups is 1. The first-order valence-corrected chi connectivity index (χ1v) is 6.56. The van der Waals surface area contributed by atoms with E-state index < -0.39 is 5.97 Å². The summed E-state index contributed by atoms with van der Waals surface area (Å²) in [4.78, 5) is 11.8. The highest BCUT2D eigenvalue weighted by Gasteiger charge is 2.23. The first kappa shape index (κ1) is 14.8. The number of carbonyl (C=O) groups excluding carboxylic acids is 1. The van der Waals surface area contributed by atoms with E-state index in [0.717, 1.165) is 16.7 Å². The van der Waals surface area contributed by atoms with Crippen molar-refractivity contribution in [2.45, 2.75) is 26.7 Å². The molecule has 0 amide bonds. The highest BCUT2D eigenvalue weighted by atomic mass is 16.5. The van der Waals surface area contributed by atoms with Crippen LogP contribution in [0.25, 0.3) is 11.3 Å². The van der Waals surface area contributed by atoms with Gasteiger partial charge < -0.3 is 10.6 Å². The van der Waals surface area contributed by atoms with E-state index in [9.17, 15) is 4.79 Å². The fraction of sp³-hybridized carbons (Fsp3) is 0.357. The van der Waals surface area contributed by atoms with Crippen molar-refractivity contribution in [2.75, 3.05) is 13.0 Å². The fourth-order valence-electron chi connectivity index (χ4n) is 2.28. The molecule has 0 saturated heterocycles. The molecule has 0 aliphatic rings. The number of H-pyrrole nitrogens is 1. The number of aromatic amines is 1. The van der Waals surface area contributed by atoms with Crippen LogP contribution in [-0.4, -0.2) is 28.0 Å². The second-order valence-corrected chi connectivity index (χ2v) is 5.17. The molecule has 0 spiro atoms. The number of aryl methyl sites for hydroxylation is 1. The van der Waals surface area contributed by atoms with Gasteiger partial charge in [-0.3, -0.25) is 15.2 Å². The second-order valence-electron chi connectivity index (χ2n) is 5.17. The van der Waals surface area contributed by atoms with Crippen LogP contribution in [0, 0.1) is 12.3 Å². The van der Waals surface area contributed by atoms with Gasteiger partial charge in [-0.05, 0) is 24.5 Å². The lowest BCUT2D eigenvalue weighted by Crippen LogP contribution is -2.28. The summed E-state index contributed by atoms with van der Waals surface area (Å²) in [5.41, 5.74) is 3.51. The SMILES string of the molecule is COC(=O)c1n[nH]c(-c2cc(C)c(=N)n(N)c2)c1C(C)C. The van der Waals surface area contributed by atoms with Gasteiger partial charge in [0.2, 0.25) is 0 Å². The molecule has 0 aliphatic heterocycles. The molecule has 2 heterocycles. The van der Waals surface area contributed by atoms with Crippen molar-refractivity contribution in [3.8, 4) is 11.3 Å². The Morgan fingerprint density at radius 3 is 2.71 bits per heavy atom. The number of esters is 1. The van der Waals surface area contributed by atoms with E-state index >= 15 is 0 Å². The zero-order valence-electron chi connectivity index (χ0n) is 12.5. The maximum atomic E-state index is 11.8. The van der Waals surface area contributed by atoms with E-state index in [1.807, 2.05) is 26.8 Å². The van der Waals surface area contributed by atoms with Crippen LogP contribution >= 0.6 is 0 Å². The Balaban J connectivity index is 2.67. The molecule has 0 aromatic carbocycles. The number of pyridine rings is 1. The van der Waals surface area contributed by atoms with Crippen molar-refractivity contribution < 1.29 is 9.53 Å². The third-order valence-electron chi connectivity index (χ3n) is 3.33. The van der Waals surface area contributed by atoms with E-state index in [4.69, 9.17) is 16.0 Å². The lowest BCUT2D eigenvalue weighted by atomic mass is 9.97. The normalized spacial score (nSPS) is 10.9. The number of nitrogens with two attached hydrogens (primary N) is 1. The molecule has 0 saturated carbocycles. The lowest BCUT2D eigenvalue weighted by molar-refractivity contribution is 0.0592. The van der Waals surface area contributed by atoms with Crippen LogP contribution in [0.2, 0.25) is 0 Å². The van der Waals surface area contributed by atoms with Crippen LogP contribution < -0.4 is 11.3 Å². The fourth-order valence-corrected chi connectivity index (χ4v) is 2.28. The monoisotopic (exact) mass is 289 g/mol. The maximum absolute atomic E-state index is 11.8. The first-order valence-electron chi connectivity index (χ1n) is 6.56. The van der Waals surface area contributed by atoms with Gasteiger partial charge in [-0.15, -0.1) is 0 Å². The molecule has 112 valence electrons. The molecule has 0 radical (unpaired) electrons. The van der Waals surface area contributed by atoms with Crippen LogP contribution in [-0.2, 0) is 4.74 Å². The predicted molar refractivity (Wildman–Crippen MR) is 78.2 cm³/mol. The first-order chi connectivity index (χ1) is 9.86. The molecule has 2 aromatic rings. The summed E-state index contributed by atoms with van der Waals surface area (Å²) >= 11 is 0. The average molecular weight is 289 g/mol. The summed E-state index contributed by atoms with van der Waals surface area (Å²) in [6, 6.07) is 1.84. The highest BCUT2D eigenvalue weighted by Crippen LogP contribution is 2.30. The second kappa shape index (κ2) is 5.43. The Bertz CT molecular complexity index is 716. The van der Waals surface area contributed by atoms with Gasteiger partial charge in [-0.25, -0.2) is 4.79 Å². The lowest BCUT2D eigenvalue weighted by Gasteiger charge is -2.11. The van der Waals surface area contributed by atoms with Crippen molar-refractivity contribution in [1.29, 1.82) is 5.41 Å². The van der Waals surface area contributed by atoms with Crippen molar-refractivity contribution in [3.63, 3.8) is 0 Å². The van der Waals surface area contributed by atoms with Crippen LogP contribution in [0.3, 0.4) is 0 Å². The Morgan fingerprint density at radius 2 is 2.19 bits per heavy atom. The third kappa shape index (κ3) is 2.54. The molecule has 7 nitrogen and oxygen atoms in total. The van der Waals surface area contributed by atoms with Gasteiger partial charge in [0, 0.05) is 17.3 Å². The molecular weight excluding hydrogens is 270 g/mol. The molecule has 0 aliphatic carbocycles. The maximum Gasteiger partial charge on any atom is 0.358 e. The van der Waals surface area contributed by atoms with Crippen LogP contribution in [0.15, 0.2) is 12.3 Å². The molecule has 4 N–H and O–H groups in total. The van der Waals surface area contributed by atoms with E-state index in [-0.39, 0.29) is 17.1 Å². The number of nitrogen functional groups attached to an aromatic ring is 1. The standard InChI is InChI=1S/C14H19N5O2/c1-7(2)10-11(17-18-12(10)14(20)21-4)9-5-8(3)13(15)19(16)6-9/h5-7,15H,16H2,1-4H3,(H,17,18). The molecule has 2 aromatic heterocycles. The number of nitrogens with one attached hydrogen (secondary N) is 2. The van der Waals surface area contributed by atoms with E-state index in [1.54, 1.807) is 6.20 Å². The summed E-state index contributed by atoms with van der Waals surface area (Å²) in [6.07, 6.45) is 1.63. The van der Waals surface area contributed by atoms with E-state index in [2.05, 4.69) is 10.2 Å². The number of rotatable bonds is 3. The predicted octanol–water partition coefficient (Wildman–Crippen LogP) is 1.29. The zero-order chi connectivity index (χ0) is 15.7. The van der Waals surface area contributed by atoms with Crippen LogP contribution in [0.5, 0.6) is 0 Å². The Kier molecular flexibility index (Phi) is 3.84. The molecule has 0 fully saturated rings.